The standard InChI is InChI=1S/C24H19ClN2O3/c1-15-13-17(25)9-12-21(15)27-23(28)19-5-3-4-6-20(19)24-26-14-22(30-24)16-7-10-18(29-2)11-8-16/h3-14H,1-2H3,(H,27,28). The molecule has 4 aromatic rings. The van der Waals surface area contributed by atoms with Crippen LogP contribution in [-0.4, -0.2) is 18.0 Å². The Morgan fingerprint density at radius 1 is 1.07 bits per heavy atom. The number of nitrogens with zero attached hydrogens (tertiary/aromatic N) is 1. The van der Waals surface area contributed by atoms with Gasteiger partial charge in [-0.25, -0.2) is 4.98 Å². The molecule has 0 aliphatic rings. The summed E-state index contributed by atoms with van der Waals surface area (Å²) >= 11 is 6.01. The molecule has 0 aliphatic carbocycles. The second kappa shape index (κ2) is 8.43. The van der Waals surface area contributed by atoms with Gasteiger partial charge in [0.25, 0.3) is 5.91 Å². The highest BCUT2D eigenvalue weighted by molar-refractivity contribution is 6.30. The van der Waals surface area contributed by atoms with Gasteiger partial charge in [-0.15, -0.1) is 0 Å². The smallest absolute Gasteiger partial charge is 0.256 e. The number of halogens is 1. The van der Waals surface area contributed by atoms with E-state index in [1.54, 1.807) is 43.6 Å². The molecule has 6 heteroatoms. The van der Waals surface area contributed by atoms with Crippen molar-refractivity contribution < 1.29 is 13.9 Å². The number of nitrogens with one attached hydrogen (secondary N) is 1. The topological polar surface area (TPSA) is 64.4 Å². The van der Waals surface area contributed by atoms with E-state index in [2.05, 4.69) is 10.3 Å². The lowest BCUT2D eigenvalue weighted by atomic mass is 10.1. The molecule has 0 atom stereocenters. The Labute approximate surface area is 179 Å². The lowest BCUT2D eigenvalue weighted by molar-refractivity contribution is 0.102. The number of methoxy groups -OCH3 is 1. The first kappa shape index (κ1) is 19.7. The Bertz CT molecular complexity index is 1200. The maximum atomic E-state index is 13.0. The maximum Gasteiger partial charge on any atom is 0.256 e. The molecular weight excluding hydrogens is 400 g/mol. The second-order valence-corrected chi connectivity index (χ2v) is 7.15. The Morgan fingerprint density at radius 2 is 1.83 bits per heavy atom. The lowest BCUT2D eigenvalue weighted by Gasteiger charge is -2.10. The molecule has 0 unspecified atom stereocenters. The predicted molar refractivity (Wildman–Crippen MR) is 118 cm³/mol. The van der Waals surface area contributed by atoms with E-state index < -0.39 is 0 Å². The summed E-state index contributed by atoms with van der Waals surface area (Å²) in [5.41, 5.74) is 3.53. The van der Waals surface area contributed by atoms with Gasteiger partial charge in [-0.3, -0.25) is 4.79 Å². The first-order valence-electron chi connectivity index (χ1n) is 9.32. The van der Waals surface area contributed by atoms with Gasteiger partial charge < -0.3 is 14.5 Å². The Kier molecular flexibility index (Phi) is 5.55. The van der Waals surface area contributed by atoms with Crippen molar-refractivity contribution in [1.29, 1.82) is 0 Å². The number of oxazole rings is 1. The third kappa shape index (κ3) is 4.07. The van der Waals surface area contributed by atoms with E-state index in [0.717, 1.165) is 16.9 Å². The molecule has 1 heterocycles. The van der Waals surface area contributed by atoms with Gasteiger partial charge in [0.05, 0.1) is 18.9 Å². The molecule has 30 heavy (non-hydrogen) atoms. The summed E-state index contributed by atoms with van der Waals surface area (Å²) in [6, 6.07) is 20.0. The minimum absolute atomic E-state index is 0.250. The summed E-state index contributed by atoms with van der Waals surface area (Å²) in [7, 11) is 1.62. The molecule has 1 aromatic heterocycles. The van der Waals surface area contributed by atoms with Crippen LogP contribution in [0.2, 0.25) is 5.02 Å². The molecule has 0 saturated carbocycles. The van der Waals surface area contributed by atoms with Crippen LogP contribution in [-0.2, 0) is 0 Å². The molecule has 0 aliphatic heterocycles. The summed E-state index contributed by atoms with van der Waals surface area (Å²) in [6.07, 6.45) is 1.65. The van der Waals surface area contributed by atoms with Crippen LogP contribution in [0.5, 0.6) is 5.75 Å². The van der Waals surface area contributed by atoms with E-state index >= 15 is 0 Å². The number of aromatic nitrogens is 1. The summed E-state index contributed by atoms with van der Waals surface area (Å²) in [5, 5.41) is 3.56. The van der Waals surface area contributed by atoms with Crippen LogP contribution in [0.15, 0.2) is 77.3 Å². The van der Waals surface area contributed by atoms with Crippen LogP contribution >= 0.6 is 11.6 Å². The number of hydrogen-bond donors (Lipinski definition) is 1. The molecule has 0 radical (unpaired) electrons. The minimum Gasteiger partial charge on any atom is -0.497 e. The highest BCUT2D eigenvalue weighted by atomic mass is 35.5. The molecule has 1 amide bonds. The molecular formula is C24H19ClN2O3. The van der Waals surface area contributed by atoms with Crippen molar-refractivity contribution in [3.63, 3.8) is 0 Å². The summed E-state index contributed by atoms with van der Waals surface area (Å²) < 4.78 is 11.1. The molecule has 0 saturated heterocycles. The van der Waals surface area contributed by atoms with Crippen LogP contribution in [0.4, 0.5) is 5.69 Å². The molecule has 4 rings (SSSR count). The fraction of sp³-hybridized carbons (Fsp3) is 0.0833. The van der Waals surface area contributed by atoms with Gasteiger partial charge in [-0.1, -0.05) is 23.7 Å². The highest BCUT2D eigenvalue weighted by Gasteiger charge is 2.17. The molecule has 0 bridgehead atoms. The first-order valence-corrected chi connectivity index (χ1v) is 9.70. The van der Waals surface area contributed by atoms with Crippen LogP contribution in [0.3, 0.4) is 0 Å². The summed E-state index contributed by atoms with van der Waals surface area (Å²) in [5.74, 6) is 1.49. The number of anilines is 1. The average Bonchev–Trinajstić information content (AvgIpc) is 3.26. The molecule has 3 aromatic carbocycles. The molecule has 0 spiro atoms. The zero-order valence-corrected chi connectivity index (χ0v) is 17.2. The maximum absolute atomic E-state index is 13.0. The predicted octanol–water partition coefficient (Wildman–Crippen LogP) is 6.23. The number of amides is 1. The van der Waals surface area contributed by atoms with E-state index in [9.17, 15) is 4.79 Å². The van der Waals surface area contributed by atoms with Crippen molar-refractivity contribution in [1.82, 2.24) is 4.98 Å². The van der Waals surface area contributed by atoms with Crippen molar-refractivity contribution in [3.05, 3.63) is 89.1 Å². The number of rotatable bonds is 5. The normalized spacial score (nSPS) is 10.6. The number of aryl methyl sites for hydroxylation is 1. The van der Waals surface area contributed by atoms with Gasteiger partial charge in [0.1, 0.15) is 5.75 Å². The lowest BCUT2D eigenvalue weighted by Crippen LogP contribution is -2.14. The fourth-order valence-corrected chi connectivity index (χ4v) is 3.34. The first-order chi connectivity index (χ1) is 14.5. The van der Waals surface area contributed by atoms with Crippen LogP contribution < -0.4 is 10.1 Å². The van der Waals surface area contributed by atoms with E-state index in [1.807, 2.05) is 43.3 Å². The number of carbonyl (C=O) groups excluding carboxylic acids is 1. The van der Waals surface area contributed by atoms with E-state index in [4.69, 9.17) is 20.8 Å². The minimum atomic E-state index is -0.250. The average molecular weight is 419 g/mol. The Morgan fingerprint density at radius 3 is 2.57 bits per heavy atom. The van der Waals surface area contributed by atoms with Gasteiger partial charge in [0.2, 0.25) is 5.89 Å². The van der Waals surface area contributed by atoms with Crippen LogP contribution in [0.1, 0.15) is 15.9 Å². The van der Waals surface area contributed by atoms with Crippen molar-refractivity contribution in [3.8, 4) is 28.5 Å². The summed E-state index contributed by atoms with van der Waals surface area (Å²) in [4.78, 5) is 17.4. The molecule has 5 nitrogen and oxygen atoms in total. The SMILES string of the molecule is COc1ccc(-c2cnc(-c3ccccc3C(=O)Nc3ccc(Cl)cc3C)o2)cc1. The molecule has 150 valence electrons. The van der Waals surface area contributed by atoms with Gasteiger partial charge in [0.15, 0.2) is 5.76 Å². The highest BCUT2D eigenvalue weighted by Crippen LogP contribution is 2.30. The molecule has 1 N–H and O–H groups in total. The zero-order chi connectivity index (χ0) is 21.1. The second-order valence-electron chi connectivity index (χ2n) is 6.72. The summed E-state index contributed by atoms with van der Waals surface area (Å²) in [6.45, 7) is 1.89. The quantitative estimate of drug-likeness (QED) is 0.417. The Balaban J connectivity index is 1.63. The number of ether oxygens (including phenoxy) is 1. The van der Waals surface area contributed by atoms with Crippen molar-refractivity contribution in [2.45, 2.75) is 6.92 Å². The third-order valence-electron chi connectivity index (χ3n) is 4.72. The van der Waals surface area contributed by atoms with Crippen LogP contribution in [0.25, 0.3) is 22.8 Å². The van der Waals surface area contributed by atoms with E-state index in [-0.39, 0.29) is 5.91 Å². The molecule has 0 fully saturated rings. The third-order valence-corrected chi connectivity index (χ3v) is 4.95. The largest absolute Gasteiger partial charge is 0.497 e. The fourth-order valence-electron chi connectivity index (χ4n) is 3.11. The van der Waals surface area contributed by atoms with Crippen molar-refractivity contribution >= 4 is 23.2 Å². The van der Waals surface area contributed by atoms with Gasteiger partial charge in [-0.2, -0.15) is 0 Å². The van der Waals surface area contributed by atoms with E-state index in [0.29, 0.717) is 33.5 Å². The number of benzene rings is 3. The van der Waals surface area contributed by atoms with Crippen LogP contribution in [0, 0.1) is 6.92 Å². The van der Waals surface area contributed by atoms with Crippen molar-refractivity contribution in [2.75, 3.05) is 12.4 Å². The number of carbonyl (C=O) groups is 1. The number of hydrogen-bond acceptors (Lipinski definition) is 4. The van der Waals surface area contributed by atoms with Gasteiger partial charge >= 0.3 is 0 Å². The monoisotopic (exact) mass is 418 g/mol. The van der Waals surface area contributed by atoms with Crippen molar-refractivity contribution in [2.24, 2.45) is 0 Å². The van der Waals surface area contributed by atoms with E-state index in [1.165, 1.54) is 0 Å². The van der Waals surface area contributed by atoms with Gasteiger partial charge in [-0.05, 0) is 67.1 Å². The van der Waals surface area contributed by atoms with Gasteiger partial charge in [0, 0.05) is 21.8 Å². The Hall–Kier alpha value is -3.57. The zero-order valence-electron chi connectivity index (χ0n) is 16.5.